The highest BCUT2D eigenvalue weighted by Gasteiger charge is 2.35. The van der Waals surface area contributed by atoms with Gasteiger partial charge in [0.2, 0.25) is 13.8 Å². The van der Waals surface area contributed by atoms with Crippen molar-refractivity contribution in [3.05, 3.63) is 64.2 Å². The highest BCUT2D eigenvalue weighted by Crippen LogP contribution is 2.29. The molecule has 15 heteroatoms. The van der Waals surface area contributed by atoms with Crippen LogP contribution in [0.15, 0.2) is 53.4 Å². The zero-order chi connectivity index (χ0) is 23.4. The molecule has 0 aliphatic heterocycles. The van der Waals surface area contributed by atoms with E-state index in [9.17, 15) is 23.3 Å². The van der Waals surface area contributed by atoms with Gasteiger partial charge >= 0.3 is 0 Å². The number of amides is 1. The van der Waals surface area contributed by atoms with Crippen molar-refractivity contribution in [1.29, 1.82) is 0 Å². The molecule has 31 heavy (non-hydrogen) atoms. The van der Waals surface area contributed by atoms with Crippen LogP contribution in [-0.4, -0.2) is 34.3 Å². The second-order valence-corrected chi connectivity index (χ2v) is 10.3. The minimum atomic E-state index is -3.85. The largest absolute Gasteiger partial charge is 0.339 e. The molecule has 1 atom stereocenters. The number of anilines is 1. The van der Waals surface area contributed by atoms with E-state index >= 15 is 0 Å². The number of rotatable bonds is 6. The predicted octanol–water partition coefficient (Wildman–Crippen LogP) is 2.65. The van der Waals surface area contributed by atoms with Crippen molar-refractivity contribution in [2.45, 2.75) is 14.9 Å². The van der Waals surface area contributed by atoms with Gasteiger partial charge in [0.1, 0.15) is 6.17 Å². The molecule has 0 heterocycles. The molecule has 10 nitrogen and oxygen atoms in total. The number of nitrogens with one attached hydrogen (secondary N) is 3. The summed E-state index contributed by atoms with van der Waals surface area (Å²) in [4.78, 5) is 22.6. The van der Waals surface area contributed by atoms with Crippen LogP contribution in [-0.2, 0) is 10.0 Å². The third-order valence-electron chi connectivity index (χ3n) is 3.64. The van der Waals surface area contributed by atoms with E-state index in [0.29, 0.717) is 5.69 Å². The molecular formula is C16H14Cl3N5O5S2. The lowest BCUT2D eigenvalue weighted by Gasteiger charge is -2.27. The molecule has 0 bridgehead atoms. The summed E-state index contributed by atoms with van der Waals surface area (Å²) in [5, 5.41) is 23.6. The minimum absolute atomic E-state index is 0.0345. The van der Waals surface area contributed by atoms with Crippen molar-refractivity contribution < 1.29 is 18.1 Å². The van der Waals surface area contributed by atoms with E-state index < -0.39 is 30.8 Å². The summed E-state index contributed by atoms with van der Waals surface area (Å²) in [5.41, 5.74) is 0.0665. The number of sulfonamides is 1. The average Bonchev–Trinajstić information content (AvgIpc) is 2.66. The number of primary sulfonamides is 1. The van der Waals surface area contributed by atoms with E-state index in [4.69, 9.17) is 52.2 Å². The molecule has 0 saturated carbocycles. The van der Waals surface area contributed by atoms with Crippen LogP contribution in [0, 0.1) is 10.1 Å². The third-order valence-corrected chi connectivity index (χ3v) is 5.44. The van der Waals surface area contributed by atoms with Crippen LogP contribution in [0.2, 0.25) is 0 Å². The smallest absolute Gasteiger partial charge is 0.270 e. The van der Waals surface area contributed by atoms with Gasteiger partial charge in [-0.2, -0.15) is 0 Å². The normalized spacial score (nSPS) is 12.5. The van der Waals surface area contributed by atoms with Crippen LogP contribution in [0.1, 0.15) is 10.4 Å². The molecule has 166 valence electrons. The van der Waals surface area contributed by atoms with Gasteiger partial charge in [0.25, 0.3) is 11.6 Å². The summed E-state index contributed by atoms with van der Waals surface area (Å²) in [6, 6.07) is 10.3. The summed E-state index contributed by atoms with van der Waals surface area (Å²) in [7, 11) is -3.85. The van der Waals surface area contributed by atoms with Crippen molar-refractivity contribution in [3.8, 4) is 0 Å². The van der Waals surface area contributed by atoms with Crippen LogP contribution in [0.25, 0.3) is 0 Å². The first-order valence-corrected chi connectivity index (χ1v) is 11.2. The van der Waals surface area contributed by atoms with Gasteiger partial charge in [0, 0.05) is 23.4 Å². The van der Waals surface area contributed by atoms with E-state index in [2.05, 4.69) is 16.0 Å². The van der Waals surface area contributed by atoms with Crippen LogP contribution >= 0.6 is 47.0 Å². The SMILES string of the molecule is NS(=O)(=O)c1ccc(NC(=S)N[C@@H](NC(=O)c2cccc([N+](=O)[O-])c2)C(Cl)(Cl)Cl)cc1. The molecule has 0 fully saturated rings. The van der Waals surface area contributed by atoms with Gasteiger partial charge in [0.15, 0.2) is 5.11 Å². The molecule has 0 saturated heterocycles. The lowest BCUT2D eigenvalue weighted by molar-refractivity contribution is -0.384. The van der Waals surface area contributed by atoms with Crippen LogP contribution in [0.3, 0.4) is 0 Å². The number of nitrogens with zero attached hydrogens (tertiary/aromatic N) is 1. The number of nitro groups is 1. The van der Waals surface area contributed by atoms with Crippen LogP contribution < -0.4 is 21.1 Å². The van der Waals surface area contributed by atoms with Crippen molar-refractivity contribution in [3.63, 3.8) is 0 Å². The molecule has 0 radical (unpaired) electrons. The Balaban J connectivity index is 2.11. The number of benzene rings is 2. The molecule has 2 aromatic carbocycles. The number of carbonyl (C=O) groups is 1. The average molecular weight is 527 g/mol. The first-order valence-electron chi connectivity index (χ1n) is 8.10. The van der Waals surface area contributed by atoms with E-state index in [0.717, 1.165) is 6.07 Å². The maximum absolute atomic E-state index is 12.5. The van der Waals surface area contributed by atoms with Gasteiger partial charge < -0.3 is 16.0 Å². The Morgan fingerprint density at radius 1 is 1.13 bits per heavy atom. The third kappa shape index (κ3) is 7.45. The summed E-state index contributed by atoms with van der Waals surface area (Å²) >= 11 is 22.9. The van der Waals surface area contributed by atoms with Crippen molar-refractivity contribution in [2.75, 3.05) is 5.32 Å². The number of thiocarbonyl (C=S) groups is 1. The van der Waals surface area contributed by atoms with E-state index in [1.54, 1.807) is 0 Å². The summed E-state index contributed by atoms with van der Waals surface area (Å²) in [5.74, 6) is -0.757. The Hall–Kier alpha value is -2.22. The van der Waals surface area contributed by atoms with E-state index in [-0.39, 0.29) is 21.3 Å². The molecule has 0 spiro atoms. The van der Waals surface area contributed by atoms with Crippen molar-refractivity contribution >= 4 is 79.4 Å². The minimum Gasteiger partial charge on any atom is -0.339 e. The molecule has 5 N–H and O–H groups in total. The molecule has 0 aromatic heterocycles. The highest BCUT2D eigenvalue weighted by atomic mass is 35.6. The number of alkyl halides is 3. The maximum atomic E-state index is 12.5. The number of hydrogen-bond acceptors (Lipinski definition) is 6. The fourth-order valence-corrected chi connectivity index (χ4v) is 3.28. The van der Waals surface area contributed by atoms with E-state index in [1.165, 1.54) is 42.5 Å². The van der Waals surface area contributed by atoms with Crippen molar-refractivity contribution in [2.24, 2.45) is 5.14 Å². The van der Waals surface area contributed by atoms with Gasteiger partial charge in [-0.1, -0.05) is 40.9 Å². The Morgan fingerprint density at radius 3 is 2.26 bits per heavy atom. The zero-order valence-electron chi connectivity index (χ0n) is 15.2. The number of halogens is 3. The summed E-state index contributed by atoms with van der Waals surface area (Å²) in [6.07, 6.45) is -1.33. The quantitative estimate of drug-likeness (QED) is 0.147. The Morgan fingerprint density at radius 2 is 1.74 bits per heavy atom. The van der Waals surface area contributed by atoms with Gasteiger partial charge in [-0.25, -0.2) is 13.6 Å². The summed E-state index contributed by atoms with van der Waals surface area (Å²) in [6.45, 7) is 0. The fourth-order valence-electron chi connectivity index (χ4n) is 2.20. The highest BCUT2D eigenvalue weighted by molar-refractivity contribution is 7.89. The standard InChI is InChI=1S/C16H14Cl3N5O5S2/c17-16(18,19)14(22-13(25)9-2-1-3-11(8-9)24(26)27)23-15(30)21-10-4-6-12(7-5-10)31(20,28)29/h1-8,14H,(H,22,25)(H2,20,28,29)(H2,21,23,30)/t14-/m1/s1. The lowest BCUT2D eigenvalue weighted by Crippen LogP contribution is -2.56. The topological polar surface area (TPSA) is 156 Å². The second-order valence-electron chi connectivity index (χ2n) is 5.92. The van der Waals surface area contributed by atoms with Crippen molar-refractivity contribution in [1.82, 2.24) is 10.6 Å². The molecule has 0 aliphatic rings. The van der Waals surface area contributed by atoms with Gasteiger partial charge in [-0.3, -0.25) is 14.9 Å². The predicted molar refractivity (Wildman–Crippen MR) is 122 cm³/mol. The van der Waals surface area contributed by atoms with Crippen LogP contribution in [0.5, 0.6) is 0 Å². The fraction of sp³-hybridized carbons (Fsp3) is 0.125. The van der Waals surface area contributed by atoms with Gasteiger partial charge in [-0.05, 0) is 42.5 Å². The molecular weight excluding hydrogens is 513 g/mol. The number of nitrogens with two attached hydrogens (primary N) is 1. The monoisotopic (exact) mass is 525 g/mol. The molecule has 1 amide bonds. The molecule has 0 aliphatic carbocycles. The zero-order valence-corrected chi connectivity index (χ0v) is 19.1. The van der Waals surface area contributed by atoms with Crippen LogP contribution in [0.4, 0.5) is 11.4 Å². The van der Waals surface area contributed by atoms with Gasteiger partial charge in [0.05, 0.1) is 9.82 Å². The van der Waals surface area contributed by atoms with Gasteiger partial charge in [-0.15, -0.1) is 0 Å². The first-order chi connectivity index (χ1) is 14.3. The molecule has 2 rings (SSSR count). The Bertz CT molecular complexity index is 1110. The number of non-ortho nitro benzene ring substituents is 1. The number of carbonyl (C=O) groups excluding carboxylic acids is 1. The molecule has 2 aromatic rings. The molecule has 0 unspecified atom stereocenters. The second kappa shape index (κ2) is 9.94. The number of nitro benzene ring substituents is 1. The number of hydrogen-bond donors (Lipinski definition) is 4. The maximum Gasteiger partial charge on any atom is 0.270 e. The lowest BCUT2D eigenvalue weighted by atomic mass is 10.2. The Kier molecular flexibility index (Phi) is 8.03. The first kappa shape index (κ1) is 25.0. The summed E-state index contributed by atoms with van der Waals surface area (Å²) < 4.78 is 20.5. The Labute approximate surface area is 197 Å². The van der Waals surface area contributed by atoms with E-state index in [1.807, 2.05) is 0 Å².